The van der Waals surface area contributed by atoms with Crippen molar-refractivity contribution in [2.45, 2.75) is 6.18 Å². The fraction of sp³-hybridized carbons (Fsp3) is 0.667. The maximum Gasteiger partial charge on any atom is 0.405 e. The second-order valence-corrected chi connectivity index (χ2v) is 2.23. The number of nitrogens with one attached hydrogen (secondary N) is 2. The van der Waals surface area contributed by atoms with Gasteiger partial charge in [0.2, 0.25) is 0 Å². The second-order valence-electron chi connectivity index (χ2n) is 2.23. The number of hydrogen-bond acceptors (Lipinski definition) is 3. The SMILES string of the molecule is COC(=O)CNC(=O)NCC(F)(F)F. The van der Waals surface area contributed by atoms with Gasteiger partial charge in [-0.15, -0.1) is 0 Å². The number of hydrogen-bond donors (Lipinski definition) is 2. The van der Waals surface area contributed by atoms with E-state index < -0.39 is 31.3 Å². The van der Waals surface area contributed by atoms with Crippen molar-refractivity contribution in [1.82, 2.24) is 10.6 Å². The maximum absolute atomic E-state index is 11.5. The topological polar surface area (TPSA) is 67.4 Å². The quantitative estimate of drug-likeness (QED) is 0.651. The van der Waals surface area contributed by atoms with Crippen LogP contribution in [-0.4, -0.2) is 38.4 Å². The molecule has 5 nitrogen and oxygen atoms in total. The van der Waals surface area contributed by atoms with Gasteiger partial charge in [0, 0.05) is 0 Å². The van der Waals surface area contributed by atoms with E-state index in [9.17, 15) is 22.8 Å². The largest absolute Gasteiger partial charge is 0.468 e. The zero-order valence-corrected chi connectivity index (χ0v) is 7.27. The Balaban J connectivity index is 3.62. The molecule has 0 spiro atoms. The molecular weight excluding hydrogens is 205 g/mol. The summed E-state index contributed by atoms with van der Waals surface area (Å²) < 4.78 is 38.8. The lowest BCUT2D eigenvalue weighted by molar-refractivity contribution is -0.139. The van der Waals surface area contributed by atoms with Crippen molar-refractivity contribution in [1.29, 1.82) is 0 Å². The predicted octanol–water partition coefficient (Wildman–Crippen LogP) is 0.0209. The monoisotopic (exact) mass is 214 g/mol. The van der Waals surface area contributed by atoms with E-state index in [1.165, 1.54) is 5.32 Å². The molecule has 0 rings (SSSR count). The summed E-state index contributed by atoms with van der Waals surface area (Å²) in [6.07, 6.45) is -4.47. The number of carbonyl (C=O) groups excluding carboxylic acids is 2. The molecule has 2 N–H and O–H groups in total. The lowest BCUT2D eigenvalue weighted by atomic mass is 10.6. The zero-order chi connectivity index (χ0) is 11.2. The molecule has 0 aromatic heterocycles. The molecule has 0 aromatic carbocycles. The van der Waals surface area contributed by atoms with Crippen molar-refractivity contribution in [2.75, 3.05) is 20.2 Å². The van der Waals surface area contributed by atoms with E-state index in [1.807, 2.05) is 5.32 Å². The highest BCUT2D eigenvalue weighted by Gasteiger charge is 2.27. The molecule has 0 heterocycles. The molecule has 0 bridgehead atoms. The number of methoxy groups -OCH3 is 1. The Kier molecular flexibility index (Phi) is 4.74. The molecule has 0 unspecified atom stereocenters. The number of esters is 1. The van der Waals surface area contributed by atoms with Crippen LogP contribution in [0.1, 0.15) is 0 Å². The van der Waals surface area contributed by atoms with Gasteiger partial charge in [-0.3, -0.25) is 4.79 Å². The average Bonchev–Trinajstić information content (AvgIpc) is 2.09. The molecule has 0 fully saturated rings. The van der Waals surface area contributed by atoms with Crippen LogP contribution in [0.5, 0.6) is 0 Å². The number of ether oxygens (including phenoxy) is 1. The summed E-state index contributed by atoms with van der Waals surface area (Å²) in [7, 11) is 1.09. The van der Waals surface area contributed by atoms with E-state index in [0.29, 0.717) is 0 Å². The molecule has 0 radical (unpaired) electrons. The Morgan fingerprint density at radius 2 is 1.86 bits per heavy atom. The van der Waals surface area contributed by atoms with Crippen LogP contribution in [0.15, 0.2) is 0 Å². The van der Waals surface area contributed by atoms with Gasteiger partial charge in [0.25, 0.3) is 0 Å². The van der Waals surface area contributed by atoms with Gasteiger partial charge in [0.05, 0.1) is 7.11 Å². The second kappa shape index (κ2) is 5.30. The Labute approximate surface area is 77.6 Å². The van der Waals surface area contributed by atoms with Gasteiger partial charge in [-0.2, -0.15) is 13.2 Å². The van der Waals surface area contributed by atoms with Gasteiger partial charge < -0.3 is 15.4 Å². The van der Waals surface area contributed by atoms with Crippen molar-refractivity contribution in [3.8, 4) is 0 Å². The Bertz CT molecular complexity index is 217. The molecular formula is C6H9F3N2O3. The summed E-state index contributed by atoms with van der Waals surface area (Å²) in [5.74, 6) is -0.743. The van der Waals surface area contributed by atoms with Crippen LogP contribution in [0, 0.1) is 0 Å². The molecule has 0 aromatic rings. The van der Waals surface area contributed by atoms with E-state index in [4.69, 9.17) is 0 Å². The van der Waals surface area contributed by atoms with Crippen LogP contribution in [0.3, 0.4) is 0 Å². The van der Waals surface area contributed by atoms with E-state index in [1.54, 1.807) is 0 Å². The van der Waals surface area contributed by atoms with Crippen molar-refractivity contribution in [3.63, 3.8) is 0 Å². The summed E-state index contributed by atoms with van der Waals surface area (Å²) in [5, 5.41) is 3.40. The van der Waals surface area contributed by atoms with Gasteiger partial charge in [0.1, 0.15) is 13.1 Å². The molecule has 82 valence electrons. The molecule has 0 atom stereocenters. The van der Waals surface area contributed by atoms with Crippen LogP contribution in [0.2, 0.25) is 0 Å². The molecule has 14 heavy (non-hydrogen) atoms. The molecule has 8 heteroatoms. The van der Waals surface area contributed by atoms with Crippen molar-refractivity contribution >= 4 is 12.0 Å². The summed E-state index contributed by atoms with van der Waals surface area (Å²) in [4.78, 5) is 21.0. The lowest BCUT2D eigenvalue weighted by Crippen LogP contribution is -2.42. The van der Waals surface area contributed by atoms with Crippen LogP contribution in [-0.2, 0) is 9.53 Å². The smallest absolute Gasteiger partial charge is 0.405 e. The van der Waals surface area contributed by atoms with Crippen LogP contribution >= 0.6 is 0 Å². The fourth-order valence-corrected chi connectivity index (χ4v) is 0.468. The minimum atomic E-state index is -4.47. The summed E-state index contributed by atoms with van der Waals surface area (Å²) in [6, 6.07) is -1.08. The number of urea groups is 1. The normalized spacial score (nSPS) is 10.6. The molecule has 0 saturated carbocycles. The van der Waals surface area contributed by atoms with Crippen LogP contribution in [0.4, 0.5) is 18.0 Å². The number of halogens is 3. The van der Waals surface area contributed by atoms with Crippen LogP contribution in [0.25, 0.3) is 0 Å². The third kappa shape index (κ3) is 7.19. The van der Waals surface area contributed by atoms with Gasteiger partial charge >= 0.3 is 18.2 Å². The van der Waals surface area contributed by atoms with Crippen LogP contribution < -0.4 is 10.6 Å². The van der Waals surface area contributed by atoms with Gasteiger partial charge in [0.15, 0.2) is 0 Å². The lowest BCUT2D eigenvalue weighted by Gasteiger charge is -2.08. The number of rotatable bonds is 3. The van der Waals surface area contributed by atoms with Gasteiger partial charge in [-0.25, -0.2) is 4.79 Å². The molecule has 0 aliphatic rings. The Hall–Kier alpha value is -1.47. The van der Waals surface area contributed by atoms with E-state index in [2.05, 4.69) is 4.74 Å². The minimum Gasteiger partial charge on any atom is -0.468 e. The third-order valence-electron chi connectivity index (χ3n) is 1.07. The van der Waals surface area contributed by atoms with Crippen molar-refractivity contribution < 1.29 is 27.5 Å². The van der Waals surface area contributed by atoms with Gasteiger partial charge in [-0.1, -0.05) is 0 Å². The molecule has 2 amide bonds. The van der Waals surface area contributed by atoms with Crippen molar-refractivity contribution in [2.24, 2.45) is 0 Å². The van der Waals surface area contributed by atoms with Crippen molar-refractivity contribution in [3.05, 3.63) is 0 Å². The first-order valence-corrected chi connectivity index (χ1v) is 3.50. The zero-order valence-electron chi connectivity index (χ0n) is 7.27. The molecule has 0 saturated heterocycles. The highest BCUT2D eigenvalue weighted by Crippen LogP contribution is 2.11. The highest BCUT2D eigenvalue weighted by molar-refractivity contribution is 5.80. The summed E-state index contributed by atoms with van der Waals surface area (Å²) >= 11 is 0. The van der Waals surface area contributed by atoms with E-state index >= 15 is 0 Å². The van der Waals surface area contributed by atoms with E-state index in [-0.39, 0.29) is 0 Å². The number of alkyl halides is 3. The number of carbonyl (C=O) groups is 2. The third-order valence-corrected chi connectivity index (χ3v) is 1.07. The Morgan fingerprint density at radius 3 is 2.29 bits per heavy atom. The minimum absolute atomic E-state index is 0.472. The maximum atomic E-state index is 11.5. The molecule has 0 aliphatic heterocycles. The first-order chi connectivity index (χ1) is 6.35. The first kappa shape index (κ1) is 12.5. The number of amides is 2. The Morgan fingerprint density at radius 1 is 1.29 bits per heavy atom. The first-order valence-electron chi connectivity index (χ1n) is 3.50. The standard InChI is InChI=1S/C6H9F3N2O3/c1-14-4(12)2-10-5(13)11-3-6(7,8)9/h2-3H2,1H3,(H2,10,11,13). The van der Waals surface area contributed by atoms with Gasteiger partial charge in [-0.05, 0) is 0 Å². The fourth-order valence-electron chi connectivity index (χ4n) is 0.468. The summed E-state index contributed by atoms with van der Waals surface area (Å²) in [6.45, 7) is -1.92. The average molecular weight is 214 g/mol. The molecule has 0 aliphatic carbocycles. The predicted molar refractivity (Wildman–Crippen MR) is 39.5 cm³/mol. The summed E-state index contributed by atoms with van der Waals surface area (Å²) in [5.41, 5.74) is 0. The van der Waals surface area contributed by atoms with E-state index in [0.717, 1.165) is 7.11 Å². The highest BCUT2D eigenvalue weighted by atomic mass is 19.4.